The van der Waals surface area contributed by atoms with Gasteiger partial charge in [0.25, 0.3) is 5.56 Å². The normalized spacial score (nSPS) is 15.3. The second-order valence-corrected chi connectivity index (χ2v) is 5.86. The fourth-order valence-corrected chi connectivity index (χ4v) is 2.56. The van der Waals surface area contributed by atoms with Gasteiger partial charge in [0.2, 0.25) is 11.9 Å². The van der Waals surface area contributed by atoms with Crippen LogP contribution in [0.3, 0.4) is 0 Å². The van der Waals surface area contributed by atoms with Crippen LogP contribution in [0.25, 0.3) is 0 Å². The van der Waals surface area contributed by atoms with Crippen LogP contribution in [0.5, 0.6) is 11.5 Å². The number of aromatic nitrogens is 2. The van der Waals surface area contributed by atoms with Crippen LogP contribution in [0.15, 0.2) is 33.9 Å². The zero-order chi connectivity index (χ0) is 19.7. The van der Waals surface area contributed by atoms with Crippen molar-refractivity contribution in [1.29, 1.82) is 0 Å². The molecule has 2 aromatic rings. The van der Waals surface area contributed by atoms with Crippen molar-refractivity contribution in [2.75, 3.05) is 18.9 Å². The SMILES string of the molecule is Cn1c(N)c(C(=O)COC(=O)[C@H]2COc3ccccc3O2)c(=O)n(C)c1=O. The summed E-state index contributed by atoms with van der Waals surface area (Å²) in [5.41, 5.74) is 3.75. The van der Waals surface area contributed by atoms with Gasteiger partial charge in [-0.3, -0.25) is 18.7 Å². The minimum absolute atomic E-state index is 0.0756. The number of rotatable bonds is 4. The molecule has 3 rings (SSSR count). The molecule has 2 heterocycles. The molecule has 1 aromatic heterocycles. The van der Waals surface area contributed by atoms with Crippen molar-refractivity contribution in [3.05, 3.63) is 50.7 Å². The van der Waals surface area contributed by atoms with Gasteiger partial charge >= 0.3 is 11.7 Å². The molecule has 0 radical (unpaired) electrons. The smallest absolute Gasteiger partial charge is 0.351 e. The minimum atomic E-state index is -1.05. The Morgan fingerprint density at radius 1 is 1.19 bits per heavy atom. The number of anilines is 1. The summed E-state index contributed by atoms with van der Waals surface area (Å²) in [6, 6.07) is 6.81. The Morgan fingerprint density at radius 2 is 1.85 bits per heavy atom. The maximum absolute atomic E-state index is 12.3. The number of carbonyl (C=O) groups excluding carboxylic acids is 2. The molecule has 10 nitrogen and oxygen atoms in total. The number of para-hydroxylation sites is 2. The van der Waals surface area contributed by atoms with Crippen molar-refractivity contribution in [1.82, 2.24) is 9.13 Å². The van der Waals surface area contributed by atoms with E-state index in [0.29, 0.717) is 11.5 Å². The number of nitrogens with two attached hydrogens (primary N) is 1. The maximum atomic E-state index is 12.3. The fraction of sp³-hybridized carbons (Fsp3) is 0.294. The Kier molecular flexibility index (Phi) is 4.72. The molecule has 0 saturated carbocycles. The average Bonchev–Trinajstić information content (AvgIpc) is 2.68. The molecule has 142 valence electrons. The molecule has 1 aliphatic heterocycles. The maximum Gasteiger partial charge on any atom is 0.351 e. The Morgan fingerprint density at radius 3 is 2.56 bits per heavy atom. The van der Waals surface area contributed by atoms with Crippen LogP contribution in [0.4, 0.5) is 5.82 Å². The summed E-state index contributed by atoms with van der Waals surface area (Å²) in [6.07, 6.45) is -1.05. The Labute approximate surface area is 152 Å². The van der Waals surface area contributed by atoms with Crippen LogP contribution in [0, 0.1) is 0 Å². The number of nitrogen functional groups attached to an aromatic ring is 1. The molecule has 0 saturated heterocycles. The molecule has 2 N–H and O–H groups in total. The van der Waals surface area contributed by atoms with Crippen molar-refractivity contribution in [3.63, 3.8) is 0 Å². The molecule has 0 fully saturated rings. The highest BCUT2D eigenvalue weighted by molar-refractivity contribution is 6.01. The summed E-state index contributed by atoms with van der Waals surface area (Å²) < 4.78 is 17.6. The molecule has 1 atom stereocenters. The van der Waals surface area contributed by atoms with Gasteiger partial charge < -0.3 is 19.9 Å². The van der Waals surface area contributed by atoms with E-state index in [9.17, 15) is 19.2 Å². The van der Waals surface area contributed by atoms with Crippen LogP contribution in [0.1, 0.15) is 10.4 Å². The summed E-state index contributed by atoms with van der Waals surface area (Å²) in [5, 5.41) is 0. The van der Waals surface area contributed by atoms with Crippen LogP contribution in [0.2, 0.25) is 0 Å². The van der Waals surface area contributed by atoms with Gasteiger partial charge in [0.15, 0.2) is 18.1 Å². The first kappa shape index (κ1) is 18.2. The predicted molar refractivity (Wildman–Crippen MR) is 93.0 cm³/mol. The zero-order valence-corrected chi connectivity index (χ0v) is 14.6. The number of ketones is 1. The lowest BCUT2D eigenvalue weighted by Crippen LogP contribution is -2.43. The Hall–Kier alpha value is -3.56. The lowest BCUT2D eigenvalue weighted by molar-refractivity contribution is -0.153. The summed E-state index contributed by atoms with van der Waals surface area (Å²) in [4.78, 5) is 48.4. The first-order valence-corrected chi connectivity index (χ1v) is 7.95. The monoisotopic (exact) mass is 375 g/mol. The molecule has 10 heteroatoms. The van der Waals surface area contributed by atoms with Crippen LogP contribution in [-0.2, 0) is 23.6 Å². The Bertz CT molecular complexity index is 1040. The van der Waals surface area contributed by atoms with E-state index in [1.807, 2.05) is 0 Å². The predicted octanol–water partition coefficient (Wildman–Crippen LogP) is -0.768. The third kappa shape index (κ3) is 3.28. The molecule has 27 heavy (non-hydrogen) atoms. The molecule has 1 aromatic carbocycles. The van der Waals surface area contributed by atoms with Gasteiger partial charge in [-0.05, 0) is 12.1 Å². The van der Waals surface area contributed by atoms with Crippen LogP contribution in [-0.4, -0.2) is 40.2 Å². The average molecular weight is 375 g/mol. The number of hydrogen-bond donors (Lipinski definition) is 1. The van der Waals surface area contributed by atoms with E-state index in [2.05, 4.69) is 0 Å². The number of esters is 1. The second kappa shape index (κ2) is 6.98. The fourth-order valence-electron chi connectivity index (χ4n) is 2.56. The van der Waals surface area contributed by atoms with E-state index in [4.69, 9.17) is 19.9 Å². The van der Waals surface area contributed by atoms with Gasteiger partial charge in [-0.1, -0.05) is 12.1 Å². The zero-order valence-electron chi connectivity index (χ0n) is 14.6. The third-order valence-corrected chi connectivity index (χ3v) is 4.11. The topological polar surface area (TPSA) is 132 Å². The summed E-state index contributed by atoms with van der Waals surface area (Å²) in [6.45, 7) is -0.800. The largest absolute Gasteiger partial charge is 0.485 e. The Balaban J connectivity index is 1.71. The van der Waals surface area contributed by atoms with E-state index < -0.39 is 41.3 Å². The van der Waals surface area contributed by atoms with E-state index in [1.165, 1.54) is 14.1 Å². The third-order valence-electron chi connectivity index (χ3n) is 4.11. The summed E-state index contributed by atoms with van der Waals surface area (Å²) in [7, 11) is 2.54. The van der Waals surface area contributed by atoms with Crippen LogP contribution < -0.4 is 26.5 Å². The highest BCUT2D eigenvalue weighted by Crippen LogP contribution is 2.31. The van der Waals surface area contributed by atoms with Gasteiger partial charge in [0, 0.05) is 14.1 Å². The molecular formula is C17H17N3O7. The highest BCUT2D eigenvalue weighted by atomic mass is 16.6. The van der Waals surface area contributed by atoms with Gasteiger partial charge in [0.05, 0.1) is 0 Å². The lowest BCUT2D eigenvalue weighted by Gasteiger charge is -2.24. The van der Waals surface area contributed by atoms with E-state index >= 15 is 0 Å². The van der Waals surface area contributed by atoms with Gasteiger partial charge in [-0.15, -0.1) is 0 Å². The number of benzene rings is 1. The molecule has 0 aliphatic carbocycles. The van der Waals surface area contributed by atoms with Gasteiger partial charge in [-0.2, -0.15) is 0 Å². The van der Waals surface area contributed by atoms with Crippen molar-refractivity contribution in [2.45, 2.75) is 6.10 Å². The van der Waals surface area contributed by atoms with E-state index in [-0.39, 0.29) is 12.4 Å². The van der Waals surface area contributed by atoms with Gasteiger partial charge in [-0.25, -0.2) is 9.59 Å². The standard InChI is InChI=1S/C17H17N3O7/c1-19-14(18)13(15(22)20(2)17(19)24)9(21)7-26-16(23)12-8-25-10-5-3-4-6-11(10)27-12/h3-6,12H,7-8,18H2,1-2H3/t12-/m1/s1. The van der Waals surface area contributed by atoms with Crippen molar-refractivity contribution >= 4 is 17.6 Å². The molecule has 0 bridgehead atoms. The number of hydrogen-bond acceptors (Lipinski definition) is 8. The van der Waals surface area contributed by atoms with Crippen molar-refractivity contribution in [2.24, 2.45) is 14.1 Å². The molecule has 0 amide bonds. The molecule has 0 unspecified atom stereocenters. The molecule has 0 spiro atoms. The minimum Gasteiger partial charge on any atom is -0.485 e. The summed E-state index contributed by atoms with van der Waals surface area (Å²) >= 11 is 0. The van der Waals surface area contributed by atoms with Gasteiger partial charge in [0.1, 0.15) is 18.0 Å². The van der Waals surface area contributed by atoms with E-state index in [1.54, 1.807) is 24.3 Å². The molecular weight excluding hydrogens is 358 g/mol. The van der Waals surface area contributed by atoms with Crippen molar-refractivity contribution in [3.8, 4) is 11.5 Å². The number of carbonyl (C=O) groups is 2. The molecule has 1 aliphatic rings. The first-order chi connectivity index (χ1) is 12.8. The highest BCUT2D eigenvalue weighted by Gasteiger charge is 2.30. The van der Waals surface area contributed by atoms with Crippen molar-refractivity contribution < 1.29 is 23.8 Å². The quantitative estimate of drug-likeness (QED) is 0.544. The second-order valence-electron chi connectivity index (χ2n) is 5.86. The summed E-state index contributed by atoms with van der Waals surface area (Å²) in [5.74, 6) is -1.06. The lowest BCUT2D eigenvalue weighted by atomic mass is 10.2. The number of Topliss-reactive ketones (excluding diaryl/α,β-unsaturated/α-hetero) is 1. The number of nitrogens with zero attached hydrogens (tertiary/aromatic N) is 2. The first-order valence-electron chi connectivity index (χ1n) is 7.95. The number of ether oxygens (including phenoxy) is 3. The van der Waals surface area contributed by atoms with Crippen LogP contribution >= 0.6 is 0 Å². The number of fused-ring (bicyclic) bond motifs is 1. The van der Waals surface area contributed by atoms with E-state index in [0.717, 1.165) is 9.13 Å².